The average Bonchev–Trinajstić information content (AvgIpc) is 3.39. The number of unbranched alkanes of at least 4 members (excludes halogenated alkanes) is 2. The van der Waals surface area contributed by atoms with Crippen molar-refractivity contribution in [3.05, 3.63) is 39.8 Å². The van der Waals surface area contributed by atoms with E-state index in [2.05, 4.69) is 21.9 Å². The molecule has 0 radical (unpaired) electrons. The van der Waals surface area contributed by atoms with Crippen molar-refractivity contribution >= 4 is 27.7 Å². The third-order valence-corrected chi connectivity index (χ3v) is 7.92. The average molecular weight is 510 g/mol. The number of carbonyl (C=O) groups excluding carboxylic acids is 1. The van der Waals surface area contributed by atoms with Crippen molar-refractivity contribution in [1.29, 1.82) is 0 Å². The Morgan fingerprint density at radius 2 is 1.89 bits per heavy atom. The molecule has 1 aromatic carbocycles. The molecular formula is C28H39N5O4. The van der Waals surface area contributed by atoms with E-state index in [-0.39, 0.29) is 17.5 Å². The first-order chi connectivity index (χ1) is 18.1. The minimum absolute atomic E-state index is 0.0787. The Bertz CT molecular complexity index is 1290. The van der Waals surface area contributed by atoms with Gasteiger partial charge in [-0.2, -0.15) is 5.10 Å². The van der Waals surface area contributed by atoms with Gasteiger partial charge in [0.15, 0.2) is 0 Å². The number of rotatable bonds is 9. The number of nitrogens with one attached hydrogen (secondary N) is 1. The van der Waals surface area contributed by atoms with E-state index in [1.54, 1.807) is 13.3 Å². The molecule has 2 fully saturated rings. The number of amides is 1. The van der Waals surface area contributed by atoms with E-state index in [9.17, 15) is 9.59 Å². The molecule has 2 aliphatic heterocycles. The summed E-state index contributed by atoms with van der Waals surface area (Å²) < 4.78 is 12.7. The molecule has 9 nitrogen and oxygen atoms in total. The third kappa shape index (κ3) is 5.44. The molecule has 9 heteroatoms. The Kier molecular flexibility index (Phi) is 8.22. The SMILES string of the molecule is CCc1cc2[nH]c(=O)c3cnn(C4CCOCC4)c3c2cc1C(=O)N1CCN(CCCCCOC)CC1. The maximum Gasteiger partial charge on any atom is 0.259 e. The van der Waals surface area contributed by atoms with Gasteiger partial charge in [-0.3, -0.25) is 19.2 Å². The lowest BCUT2D eigenvalue weighted by molar-refractivity contribution is 0.0633. The van der Waals surface area contributed by atoms with E-state index in [1.165, 1.54) is 6.42 Å². The Labute approximate surface area is 217 Å². The quantitative estimate of drug-likeness (QED) is 0.445. The Balaban J connectivity index is 1.40. The van der Waals surface area contributed by atoms with E-state index in [1.807, 2.05) is 21.7 Å². The largest absolute Gasteiger partial charge is 0.385 e. The number of benzene rings is 1. The fourth-order valence-corrected chi connectivity index (χ4v) is 5.73. The van der Waals surface area contributed by atoms with Crippen LogP contribution in [0.1, 0.15) is 61.0 Å². The first-order valence-electron chi connectivity index (χ1n) is 13.7. The summed E-state index contributed by atoms with van der Waals surface area (Å²) in [6.07, 6.45) is 7.54. The van der Waals surface area contributed by atoms with Gasteiger partial charge in [-0.1, -0.05) is 6.92 Å². The summed E-state index contributed by atoms with van der Waals surface area (Å²) >= 11 is 0. The van der Waals surface area contributed by atoms with Gasteiger partial charge >= 0.3 is 0 Å². The van der Waals surface area contributed by atoms with Crippen LogP contribution in [-0.4, -0.2) is 90.1 Å². The van der Waals surface area contributed by atoms with Crippen LogP contribution in [0.4, 0.5) is 0 Å². The molecule has 37 heavy (non-hydrogen) atoms. The number of hydrogen-bond acceptors (Lipinski definition) is 6. The highest BCUT2D eigenvalue weighted by molar-refractivity contribution is 6.07. The molecule has 200 valence electrons. The molecule has 5 rings (SSSR count). The van der Waals surface area contributed by atoms with E-state index in [4.69, 9.17) is 9.47 Å². The fourth-order valence-electron chi connectivity index (χ4n) is 5.73. The number of hydrogen-bond donors (Lipinski definition) is 1. The number of aromatic amines is 1. The van der Waals surface area contributed by atoms with Crippen LogP contribution in [0.2, 0.25) is 0 Å². The van der Waals surface area contributed by atoms with Gasteiger partial charge in [-0.05, 0) is 62.8 Å². The number of H-pyrrole nitrogens is 1. The highest BCUT2D eigenvalue weighted by Gasteiger charge is 2.26. The van der Waals surface area contributed by atoms with Crippen LogP contribution >= 0.6 is 0 Å². The molecule has 2 aromatic heterocycles. The van der Waals surface area contributed by atoms with Gasteiger partial charge in [-0.15, -0.1) is 0 Å². The van der Waals surface area contributed by atoms with Crippen molar-refractivity contribution in [3.8, 4) is 0 Å². The second-order valence-electron chi connectivity index (χ2n) is 10.2. The summed E-state index contributed by atoms with van der Waals surface area (Å²) in [6, 6.07) is 4.17. The van der Waals surface area contributed by atoms with Gasteiger partial charge < -0.3 is 19.4 Å². The van der Waals surface area contributed by atoms with Crippen LogP contribution in [0, 0.1) is 0 Å². The molecule has 0 bridgehead atoms. The molecule has 0 aliphatic carbocycles. The number of methoxy groups -OCH3 is 1. The third-order valence-electron chi connectivity index (χ3n) is 7.92. The topological polar surface area (TPSA) is 92.7 Å². The first kappa shape index (κ1) is 25.9. The molecule has 4 heterocycles. The number of ether oxygens (including phenoxy) is 2. The normalized spacial score (nSPS) is 17.7. The summed E-state index contributed by atoms with van der Waals surface area (Å²) in [4.78, 5) is 34.1. The number of aromatic nitrogens is 3. The second kappa shape index (κ2) is 11.8. The number of piperazine rings is 1. The molecule has 0 saturated carbocycles. The number of carbonyl (C=O) groups is 1. The standard InChI is InChI=1S/C28H39N5O4/c1-3-20-17-25-23(26-24(27(34)30-25)19-29-33(26)21-7-15-37-16-8-21)18-22(20)28(35)32-12-10-31(11-13-32)9-5-4-6-14-36-2/h17-19,21H,3-16H2,1-2H3,(H,30,34). The van der Waals surface area contributed by atoms with Crippen LogP contribution in [0.5, 0.6) is 0 Å². The van der Waals surface area contributed by atoms with Crippen LogP contribution in [0.25, 0.3) is 21.8 Å². The molecular weight excluding hydrogens is 470 g/mol. The summed E-state index contributed by atoms with van der Waals surface area (Å²) in [5.74, 6) is 0.0787. The molecule has 0 spiro atoms. The predicted octanol–water partition coefficient (Wildman–Crippen LogP) is 3.37. The van der Waals surface area contributed by atoms with Gasteiger partial charge in [0, 0.05) is 64.1 Å². The fraction of sp³-hybridized carbons (Fsp3) is 0.607. The molecule has 0 unspecified atom stereocenters. The van der Waals surface area contributed by atoms with Crippen LogP contribution in [-0.2, 0) is 15.9 Å². The van der Waals surface area contributed by atoms with Crippen LogP contribution < -0.4 is 5.56 Å². The smallest absolute Gasteiger partial charge is 0.259 e. The number of pyridine rings is 1. The minimum atomic E-state index is -0.139. The first-order valence-corrected chi connectivity index (χ1v) is 13.7. The maximum atomic E-state index is 13.8. The number of aryl methyl sites for hydroxylation is 1. The highest BCUT2D eigenvalue weighted by Crippen LogP contribution is 2.30. The van der Waals surface area contributed by atoms with Crippen molar-refractivity contribution < 1.29 is 14.3 Å². The highest BCUT2D eigenvalue weighted by atomic mass is 16.5. The van der Waals surface area contributed by atoms with Gasteiger partial charge in [0.25, 0.3) is 11.5 Å². The molecule has 1 amide bonds. The lowest BCUT2D eigenvalue weighted by Gasteiger charge is -2.35. The van der Waals surface area contributed by atoms with Crippen molar-refractivity contribution in [1.82, 2.24) is 24.6 Å². The molecule has 2 saturated heterocycles. The van der Waals surface area contributed by atoms with Crippen LogP contribution in [0.3, 0.4) is 0 Å². The Morgan fingerprint density at radius 1 is 1.11 bits per heavy atom. The number of nitrogens with zero attached hydrogens (tertiary/aromatic N) is 4. The summed E-state index contributed by atoms with van der Waals surface area (Å²) in [6.45, 7) is 8.61. The van der Waals surface area contributed by atoms with E-state index in [0.29, 0.717) is 18.6 Å². The summed E-state index contributed by atoms with van der Waals surface area (Å²) in [7, 11) is 1.75. The molecule has 0 atom stereocenters. The lowest BCUT2D eigenvalue weighted by atomic mass is 9.99. The molecule has 2 aliphatic rings. The molecule has 3 aromatic rings. The monoisotopic (exact) mass is 509 g/mol. The zero-order chi connectivity index (χ0) is 25.8. The lowest BCUT2D eigenvalue weighted by Crippen LogP contribution is -2.49. The van der Waals surface area contributed by atoms with Crippen LogP contribution in [0.15, 0.2) is 23.1 Å². The summed E-state index contributed by atoms with van der Waals surface area (Å²) in [5, 5.41) is 6.07. The predicted molar refractivity (Wildman–Crippen MR) is 144 cm³/mol. The second-order valence-corrected chi connectivity index (χ2v) is 10.2. The Morgan fingerprint density at radius 3 is 2.62 bits per heavy atom. The van der Waals surface area contributed by atoms with Gasteiger partial charge in [0.2, 0.25) is 0 Å². The van der Waals surface area contributed by atoms with Crippen molar-refractivity contribution in [2.45, 2.75) is 51.5 Å². The maximum absolute atomic E-state index is 13.8. The van der Waals surface area contributed by atoms with E-state index in [0.717, 1.165) is 99.0 Å². The van der Waals surface area contributed by atoms with Gasteiger partial charge in [0.05, 0.1) is 28.7 Å². The number of fused-ring (bicyclic) bond motifs is 3. The van der Waals surface area contributed by atoms with Crippen molar-refractivity contribution in [2.24, 2.45) is 0 Å². The van der Waals surface area contributed by atoms with Crippen molar-refractivity contribution in [3.63, 3.8) is 0 Å². The van der Waals surface area contributed by atoms with E-state index >= 15 is 0 Å². The van der Waals surface area contributed by atoms with E-state index < -0.39 is 0 Å². The van der Waals surface area contributed by atoms with Gasteiger partial charge in [0.1, 0.15) is 0 Å². The zero-order valence-corrected chi connectivity index (χ0v) is 22.1. The zero-order valence-electron chi connectivity index (χ0n) is 22.1. The van der Waals surface area contributed by atoms with Crippen molar-refractivity contribution in [2.75, 3.05) is 59.7 Å². The van der Waals surface area contributed by atoms with Gasteiger partial charge in [-0.25, -0.2) is 0 Å². The minimum Gasteiger partial charge on any atom is -0.385 e. The molecule has 1 N–H and O–H groups in total. The Hall–Kier alpha value is -2.75. The summed E-state index contributed by atoms with van der Waals surface area (Å²) in [5.41, 5.74) is 3.14.